The number of hydrogen-bond acceptors (Lipinski definition) is 2. The maximum absolute atomic E-state index is 11.1. The molecule has 2 heteroatoms. The lowest BCUT2D eigenvalue weighted by Crippen LogP contribution is -2.04. The van der Waals surface area contributed by atoms with Crippen LogP contribution >= 0.6 is 0 Å². The molecule has 0 aromatic carbocycles. The maximum Gasteiger partial charge on any atom is 0.336 e. The minimum absolute atomic E-state index is 0.227. The van der Waals surface area contributed by atoms with E-state index in [2.05, 4.69) is 13.8 Å². The van der Waals surface area contributed by atoms with E-state index >= 15 is 0 Å². The molecule has 1 rings (SSSR count). The summed E-state index contributed by atoms with van der Waals surface area (Å²) in [4.78, 5) is 11.1. The topological polar surface area (TPSA) is 30.2 Å². The minimum Gasteiger partial charge on any atom is -0.428 e. The summed E-state index contributed by atoms with van der Waals surface area (Å²) in [5.74, 6) is 1.14. The summed E-state index contributed by atoms with van der Waals surface area (Å²) >= 11 is 0. The Morgan fingerprint density at radius 2 is 2.08 bits per heavy atom. The third kappa shape index (κ3) is 2.44. The van der Waals surface area contributed by atoms with Crippen LogP contribution in [0.5, 0.6) is 0 Å². The quantitative estimate of drug-likeness (QED) is 0.716. The van der Waals surface area contributed by atoms with Gasteiger partial charge in [-0.05, 0) is 24.5 Å². The maximum atomic E-state index is 11.1. The molecular weight excluding hydrogens is 164 g/mol. The van der Waals surface area contributed by atoms with Gasteiger partial charge in [0.05, 0.1) is 0 Å². The molecule has 13 heavy (non-hydrogen) atoms. The largest absolute Gasteiger partial charge is 0.428 e. The molecule has 0 aliphatic heterocycles. The predicted octanol–water partition coefficient (Wildman–Crippen LogP) is 2.72. The van der Waals surface area contributed by atoms with Crippen LogP contribution in [0.1, 0.15) is 44.4 Å². The van der Waals surface area contributed by atoms with Gasteiger partial charge >= 0.3 is 5.63 Å². The Kier molecular flexibility index (Phi) is 3.29. The van der Waals surface area contributed by atoms with E-state index < -0.39 is 0 Å². The molecule has 1 heterocycles. The van der Waals surface area contributed by atoms with Gasteiger partial charge < -0.3 is 4.42 Å². The highest BCUT2D eigenvalue weighted by molar-refractivity contribution is 5.15. The molecule has 0 amide bonds. The molecule has 0 saturated heterocycles. The van der Waals surface area contributed by atoms with Crippen molar-refractivity contribution in [1.82, 2.24) is 0 Å². The first-order valence-electron chi connectivity index (χ1n) is 4.81. The van der Waals surface area contributed by atoms with Crippen LogP contribution in [-0.4, -0.2) is 0 Å². The molecule has 0 spiro atoms. The standard InChI is InChI=1S/C11H16O2/c1-4-8(3)10-6-9(5-2)7-11(12)13-10/h6-8H,4-5H2,1-3H3. The van der Waals surface area contributed by atoms with Gasteiger partial charge in [0.25, 0.3) is 0 Å². The fourth-order valence-corrected chi connectivity index (χ4v) is 1.20. The summed E-state index contributed by atoms with van der Waals surface area (Å²) in [5.41, 5.74) is 0.834. The smallest absolute Gasteiger partial charge is 0.336 e. The van der Waals surface area contributed by atoms with Crippen molar-refractivity contribution in [3.63, 3.8) is 0 Å². The average Bonchev–Trinajstić information content (AvgIpc) is 2.15. The molecule has 1 aromatic rings. The van der Waals surface area contributed by atoms with Crippen LogP contribution in [0.25, 0.3) is 0 Å². The van der Waals surface area contributed by atoms with E-state index in [1.54, 1.807) is 6.07 Å². The van der Waals surface area contributed by atoms with Crippen molar-refractivity contribution in [3.8, 4) is 0 Å². The zero-order valence-corrected chi connectivity index (χ0v) is 8.46. The number of hydrogen-bond donors (Lipinski definition) is 0. The minimum atomic E-state index is -0.227. The van der Waals surface area contributed by atoms with E-state index in [1.165, 1.54) is 0 Å². The van der Waals surface area contributed by atoms with Gasteiger partial charge in [0.15, 0.2) is 0 Å². The Morgan fingerprint density at radius 1 is 1.38 bits per heavy atom. The van der Waals surface area contributed by atoms with Gasteiger partial charge in [-0.3, -0.25) is 0 Å². The lowest BCUT2D eigenvalue weighted by atomic mass is 10.0. The number of rotatable bonds is 3. The predicted molar refractivity (Wildman–Crippen MR) is 53.1 cm³/mol. The van der Waals surface area contributed by atoms with Gasteiger partial charge in [0.2, 0.25) is 0 Å². The van der Waals surface area contributed by atoms with Gasteiger partial charge in [0.1, 0.15) is 5.76 Å². The Hall–Kier alpha value is -1.05. The summed E-state index contributed by atoms with van der Waals surface area (Å²) in [5, 5.41) is 0. The van der Waals surface area contributed by atoms with Gasteiger partial charge in [-0.1, -0.05) is 20.8 Å². The highest BCUT2D eigenvalue weighted by Crippen LogP contribution is 2.17. The fourth-order valence-electron chi connectivity index (χ4n) is 1.20. The van der Waals surface area contributed by atoms with Crippen molar-refractivity contribution < 1.29 is 4.42 Å². The zero-order chi connectivity index (χ0) is 9.84. The molecule has 1 aromatic heterocycles. The second-order valence-electron chi connectivity index (χ2n) is 3.35. The Bertz CT molecular complexity index is 325. The first-order chi connectivity index (χ1) is 6.17. The van der Waals surface area contributed by atoms with Crippen LogP contribution in [-0.2, 0) is 6.42 Å². The summed E-state index contributed by atoms with van der Waals surface area (Å²) in [7, 11) is 0. The van der Waals surface area contributed by atoms with E-state index in [4.69, 9.17) is 4.42 Å². The van der Waals surface area contributed by atoms with Crippen LogP contribution in [0.2, 0.25) is 0 Å². The summed E-state index contributed by atoms with van der Waals surface area (Å²) in [6, 6.07) is 3.54. The normalized spacial score (nSPS) is 12.8. The van der Waals surface area contributed by atoms with Crippen molar-refractivity contribution in [2.75, 3.05) is 0 Å². The highest BCUT2D eigenvalue weighted by Gasteiger charge is 2.07. The van der Waals surface area contributed by atoms with Crippen LogP contribution in [0, 0.1) is 0 Å². The van der Waals surface area contributed by atoms with E-state index in [0.717, 1.165) is 24.2 Å². The Labute approximate surface area is 78.6 Å². The van der Waals surface area contributed by atoms with E-state index in [9.17, 15) is 4.79 Å². The van der Waals surface area contributed by atoms with E-state index in [-0.39, 0.29) is 5.63 Å². The molecule has 0 radical (unpaired) electrons. The molecule has 1 unspecified atom stereocenters. The van der Waals surface area contributed by atoms with Crippen LogP contribution in [0.15, 0.2) is 21.3 Å². The zero-order valence-electron chi connectivity index (χ0n) is 8.46. The second kappa shape index (κ2) is 4.26. The molecule has 2 nitrogen and oxygen atoms in total. The van der Waals surface area contributed by atoms with Crippen molar-refractivity contribution >= 4 is 0 Å². The first-order valence-corrected chi connectivity index (χ1v) is 4.81. The second-order valence-corrected chi connectivity index (χ2v) is 3.35. The third-order valence-electron chi connectivity index (χ3n) is 2.36. The van der Waals surface area contributed by atoms with Crippen molar-refractivity contribution in [3.05, 3.63) is 33.9 Å². The average molecular weight is 180 g/mol. The van der Waals surface area contributed by atoms with Gasteiger partial charge in [-0.2, -0.15) is 0 Å². The van der Waals surface area contributed by atoms with Crippen molar-refractivity contribution in [1.29, 1.82) is 0 Å². The lowest BCUT2D eigenvalue weighted by Gasteiger charge is -2.07. The van der Waals surface area contributed by atoms with Crippen molar-refractivity contribution in [2.45, 2.75) is 39.5 Å². The number of aryl methyl sites for hydroxylation is 1. The molecule has 0 aliphatic rings. The Balaban J connectivity index is 3.08. The van der Waals surface area contributed by atoms with Crippen LogP contribution in [0.4, 0.5) is 0 Å². The van der Waals surface area contributed by atoms with E-state index in [1.807, 2.05) is 13.0 Å². The van der Waals surface area contributed by atoms with Gasteiger partial charge in [-0.25, -0.2) is 4.79 Å². The molecule has 0 aliphatic carbocycles. The highest BCUT2D eigenvalue weighted by atomic mass is 16.4. The molecule has 1 atom stereocenters. The van der Waals surface area contributed by atoms with Crippen LogP contribution in [0.3, 0.4) is 0 Å². The summed E-state index contributed by atoms with van der Waals surface area (Å²) in [6.45, 7) is 6.19. The first kappa shape index (κ1) is 10.0. The van der Waals surface area contributed by atoms with Crippen LogP contribution < -0.4 is 5.63 Å². The molecule has 0 saturated carbocycles. The van der Waals surface area contributed by atoms with Gasteiger partial charge in [0, 0.05) is 12.0 Å². The third-order valence-corrected chi connectivity index (χ3v) is 2.36. The SMILES string of the molecule is CCc1cc(C(C)CC)oc(=O)c1. The monoisotopic (exact) mass is 180 g/mol. The molecule has 0 bridgehead atoms. The van der Waals surface area contributed by atoms with Gasteiger partial charge in [-0.15, -0.1) is 0 Å². The summed E-state index contributed by atoms with van der Waals surface area (Å²) in [6.07, 6.45) is 1.88. The van der Waals surface area contributed by atoms with Crippen molar-refractivity contribution in [2.24, 2.45) is 0 Å². The fraction of sp³-hybridized carbons (Fsp3) is 0.545. The molecular formula is C11H16O2. The summed E-state index contributed by atoms with van der Waals surface area (Å²) < 4.78 is 5.12. The Morgan fingerprint density at radius 3 is 2.62 bits per heavy atom. The molecule has 0 N–H and O–H groups in total. The molecule has 72 valence electrons. The molecule has 0 fully saturated rings. The van der Waals surface area contributed by atoms with E-state index in [0.29, 0.717) is 5.92 Å². The lowest BCUT2D eigenvalue weighted by molar-refractivity contribution is 0.425.